The average molecular weight is 281 g/mol. The minimum Gasteiger partial charge on any atom is -0.351 e. The molecule has 1 aromatic heterocycles. The molecule has 2 rings (SSSR count). The summed E-state index contributed by atoms with van der Waals surface area (Å²) in [6, 6.07) is 7.44. The number of nitrogens with one attached hydrogen (secondary N) is 1. The predicted molar refractivity (Wildman–Crippen MR) is 65.5 cm³/mol. The Morgan fingerprint density at radius 2 is 2.16 bits per heavy atom. The van der Waals surface area contributed by atoms with Gasteiger partial charge in [0.1, 0.15) is 0 Å². The lowest BCUT2D eigenvalue weighted by molar-refractivity contribution is 0.0914. The molecule has 0 fully saturated rings. The van der Waals surface area contributed by atoms with E-state index in [1.54, 1.807) is 12.1 Å². The molecule has 0 bridgehead atoms. The third-order valence-electron chi connectivity index (χ3n) is 2.34. The fraction of sp³-hybridized carbons (Fsp3) is 0.0909. The van der Waals surface area contributed by atoms with Crippen molar-refractivity contribution in [2.75, 3.05) is 0 Å². The van der Waals surface area contributed by atoms with E-state index in [1.807, 2.05) is 0 Å². The number of hydrogen-bond donors (Lipinski definition) is 2. The Morgan fingerprint density at radius 3 is 2.79 bits per heavy atom. The first-order valence-corrected chi connectivity index (χ1v) is 6.82. The fourth-order valence-electron chi connectivity index (χ4n) is 1.43. The number of benzene rings is 1. The van der Waals surface area contributed by atoms with Gasteiger partial charge in [0, 0.05) is 12.6 Å². The minimum absolute atomic E-state index is 0.00101. The van der Waals surface area contributed by atoms with E-state index >= 15 is 0 Å². The van der Waals surface area contributed by atoms with Gasteiger partial charge in [-0.3, -0.25) is 4.79 Å². The number of rotatable bonds is 4. The summed E-state index contributed by atoms with van der Waals surface area (Å²) < 4.78 is 27.0. The Balaban J connectivity index is 2.06. The zero-order valence-electron chi connectivity index (χ0n) is 9.74. The van der Waals surface area contributed by atoms with Crippen molar-refractivity contribution in [3.8, 4) is 0 Å². The third kappa shape index (κ3) is 3.39. The van der Waals surface area contributed by atoms with Crippen LogP contribution in [0.3, 0.4) is 0 Å². The number of primary sulfonamides is 1. The van der Waals surface area contributed by atoms with Crippen LogP contribution in [0.4, 0.5) is 0 Å². The van der Waals surface area contributed by atoms with Crippen LogP contribution in [0, 0.1) is 0 Å². The number of nitrogens with two attached hydrogens (primary N) is 1. The highest BCUT2D eigenvalue weighted by molar-refractivity contribution is 7.89. The van der Waals surface area contributed by atoms with Gasteiger partial charge in [0.05, 0.1) is 11.1 Å². The third-order valence-corrected chi connectivity index (χ3v) is 3.25. The molecule has 7 nitrogen and oxygen atoms in total. The van der Waals surface area contributed by atoms with Crippen LogP contribution in [-0.2, 0) is 16.6 Å². The maximum Gasteiger partial charge on any atom is 0.290 e. The number of nitrogens with zero attached hydrogens (tertiary/aromatic N) is 1. The van der Waals surface area contributed by atoms with Crippen molar-refractivity contribution in [2.24, 2.45) is 5.14 Å². The van der Waals surface area contributed by atoms with Crippen molar-refractivity contribution in [3.05, 3.63) is 47.9 Å². The van der Waals surface area contributed by atoms with Gasteiger partial charge in [0.15, 0.2) is 0 Å². The molecular weight excluding hydrogens is 270 g/mol. The molecule has 1 heterocycles. The van der Waals surface area contributed by atoms with Gasteiger partial charge in [-0.05, 0) is 17.7 Å². The summed E-state index contributed by atoms with van der Waals surface area (Å²) in [6.45, 7) is 0.156. The first-order valence-electron chi connectivity index (χ1n) is 5.27. The summed E-state index contributed by atoms with van der Waals surface area (Å²) in [5.41, 5.74) is 0.611. The van der Waals surface area contributed by atoms with Crippen LogP contribution in [0.2, 0.25) is 0 Å². The SMILES string of the molecule is NS(=O)(=O)c1cccc(CNC(=O)c2ccno2)c1. The second kappa shape index (κ2) is 5.21. The van der Waals surface area contributed by atoms with Crippen molar-refractivity contribution in [2.45, 2.75) is 11.4 Å². The molecule has 0 saturated carbocycles. The van der Waals surface area contributed by atoms with E-state index in [1.165, 1.54) is 24.4 Å². The quantitative estimate of drug-likeness (QED) is 0.833. The van der Waals surface area contributed by atoms with Crippen molar-refractivity contribution in [3.63, 3.8) is 0 Å². The fourth-order valence-corrected chi connectivity index (χ4v) is 2.02. The van der Waals surface area contributed by atoms with Crippen LogP contribution in [0.25, 0.3) is 0 Å². The summed E-state index contributed by atoms with van der Waals surface area (Å²) in [7, 11) is -3.75. The van der Waals surface area contributed by atoms with E-state index in [0.29, 0.717) is 5.56 Å². The second-order valence-electron chi connectivity index (χ2n) is 3.75. The van der Waals surface area contributed by atoms with Crippen LogP contribution < -0.4 is 10.5 Å². The molecule has 0 saturated heterocycles. The number of amides is 1. The Hall–Kier alpha value is -2.19. The van der Waals surface area contributed by atoms with Crippen molar-refractivity contribution in [1.29, 1.82) is 0 Å². The predicted octanol–water partition coefficient (Wildman–Crippen LogP) is 0.252. The van der Waals surface area contributed by atoms with Crippen LogP contribution in [0.15, 0.2) is 45.9 Å². The summed E-state index contributed by atoms with van der Waals surface area (Å²) in [5, 5.41) is 11.0. The van der Waals surface area contributed by atoms with Crippen LogP contribution >= 0.6 is 0 Å². The zero-order chi connectivity index (χ0) is 13.9. The molecule has 1 aromatic carbocycles. The molecule has 0 spiro atoms. The zero-order valence-corrected chi connectivity index (χ0v) is 10.6. The van der Waals surface area contributed by atoms with E-state index in [2.05, 4.69) is 15.0 Å². The maximum atomic E-state index is 11.6. The number of sulfonamides is 1. The molecule has 100 valence electrons. The van der Waals surface area contributed by atoms with Crippen LogP contribution in [-0.4, -0.2) is 19.5 Å². The Bertz CT molecular complexity index is 680. The lowest BCUT2D eigenvalue weighted by Crippen LogP contribution is -2.22. The molecule has 2 aromatic rings. The highest BCUT2D eigenvalue weighted by Crippen LogP contribution is 2.09. The van der Waals surface area contributed by atoms with Gasteiger partial charge in [-0.1, -0.05) is 17.3 Å². The van der Waals surface area contributed by atoms with Gasteiger partial charge in [0.25, 0.3) is 5.91 Å². The number of aromatic nitrogens is 1. The van der Waals surface area contributed by atoms with E-state index in [0.717, 1.165) is 0 Å². The van der Waals surface area contributed by atoms with Gasteiger partial charge < -0.3 is 9.84 Å². The van der Waals surface area contributed by atoms with Gasteiger partial charge in [-0.2, -0.15) is 0 Å². The van der Waals surface area contributed by atoms with E-state index in [-0.39, 0.29) is 17.2 Å². The summed E-state index contributed by atoms with van der Waals surface area (Å²) in [6.07, 6.45) is 1.36. The molecule has 0 aliphatic carbocycles. The highest BCUT2D eigenvalue weighted by atomic mass is 32.2. The van der Waals surface area contributed by atoms with Gasteiger partial charge in [-0.25, -0.2) is 13.6 Å². The smallest absolute Gasteiger partial charge is 0.290 e. The lowest BCUT2D eigenvalue weighted by atomic mass is 10.2. The Labute approximate surface area is 109 Å². The Morgan fingerprint density at radius 1 is 1.37 bits per heavy atom. The van der Waals surface area contributed by atoms with E-state index in [9.17, 15) is 13.2 Å². The topological polar surface area (TPSA) is 115 Å². The van der Waals surface area contributed by atoms with Crippen molar-refractivity contribution >= 4 is 15.9 Å². The molecule has 0 radical (unpaired) electrons. The highest BCUT2D eigenvalue weighted by Gasteiger charge is 2.11. The van der Waals surface area contributed by atoms with Crippen molar-refractivity contribution < 1.29 is 17.7 Å². The van der Waals surface area contributed by atoms with Crippen LogP contribution in [0.1, 0.15) is 16.1 Å². The Kier molecular flexibility index (Phi) is 3.63. The molecule has 1 amide bonds. The standard InChI is InChI=1S/C11H11N3O4S/c12-19(16,17)9-3-1-2-8(6-9)7-13-11(15)10-4-5-14-18-10/h1-6H,7H2,(H,13,15)(H2,12,16,17). The van der Waals surface area contributed by atoms with Gasteiger partial charge >= 0.3 is 0 Å². The lowest BCUT2D eigenvalue weighted by Gasteiger charge is -2.05. The summed E-state index contributed by atoms with van der Waals surface area (Å²) >= 11 is 0. The molecule has 0 aliphatic rings. The monoisotopic (exact) mass is 281 g/mol. The van der Waals surface area contributed by atoms with Crippen molar-refractivity contribution in [1.82, 2.24) is 10.5 Å². The normalized spacial score (nSPS) is 11.2. The van der Waals surface area contributed by atoms with E-state index in [4.69, 9.17) is 5.14 Å². The molecule has 3 N–H and O–H groups in total. The van der Waals surface area contributed by atoms with Gasteiger partial charge in [-0.15, -0.1) is 0 Å². The second-order valence-corrected chi connectivity index (χ2v) is 5.31. The largest absolute Gasteiger partial charge is 0.351 e. The van der Waals surface area contributed by atoms with Crippen LogP contribution in [0.5, 0.6) is 0 Å². The summed E-state index contributed by atoms with van der Waals surface area (Å²) in [5.74, 6) is -0.346. The molecule has 19 heavy (non-hydrogen) atoms. The first-order chi connectivity index (χ1) is 8.97. The molecule has 0 unspecified atom stereocenters. The van der Waals surface area contributed by atoms with Gasteiger partial charge in [0.2, 0.25) is 15.8 Å². The molecular formula is C11H11N3O4S. The maximum absolute atomic E-state index is 11.6. The van der Waals surface area contributed by atoms with E-state index < -0.39 is 15.9 Å². The number of carbonyl (C=O) groups excluding carboxylic acids is 1. The molecule has 0 atom stereocenters. The minimum atomic E-state index is -3.75. The number of hydrogen-bond acceptors (Lipinski definition) is 5. The number of carbonyl (C=O) groups is 1. The molecule has 0 aliphatic heterocycles. The summed E-state index contributed by atoms with van der Waals surface area (Å²) in [4.78, 5) is 11.6. The average Bonchev–Trinajstić information content (AvgIpc) is 2.89. The molecule has 8 heteroatoms. The first kappa shape index (κ1) is 13.2.